The fourth-order valence-corrected chi connectivity index (χ4v) is 1.20. The Balaban J connectivity index is 2.94. The fourth-order valence-electron chi connectivity index (χ4n) is 1.20. The lowest BCUT2D eigenvalue weighted by atomic mass is 10.1. The normalized spacial score (nSPS) is 11.7. The number of halogens is 2. The quantitative estimate of drug-likeness (QED) is 0.895. The molecule has 1 aromatic rings. The van der Waals surface area contributed by atoms with Crippen molar-refractivity contribution in [2.75, 3.05) is 20.7 Å². The van der Waals surface area contributed by atoms with Gasteiger partial charge in [-0.15, -0.1) is 0 Å². The molecule has 6 heteroatoms. The largest absolute Gasteiger partial charge is 0.486 e. The van der Waals surface area contributed by atoms with Gasteiger partial charge in [-0.1, -0.05) is 0 Å². The molecule has 106 valence electrons. The first-order valence-electron chi connectivity index (χ1n) is 5.67. The second-order valence-electron chi connectivity index (χ2n) is 5.07. The number of rotatable bonds is 5. The van der Waals surface area contributed by atoms with E-state index >= 15 is 0 Å². The Kier molecular flexibility index (Phi) is 4.47. The number of aromatic carboxylic acids is 1. The van der Waals surface area contributed by atoms with Crippen LogP contribution in [0.1, 0.15) is 24.2 Å². The van der Waals surface area contributed by atoms with Gasteiger partial charge in [0.1, 0.15) is 6.61 Å². The van der Waals surface area contributed by atoms with E-state index < -0.39 is 34.5 Å². The highest BCUT2D eigenvalue weighted by molar-refractivity contribution is 5.87. The summed E-state index contributed by atoms with van der Waals surface area (Å²) in [6.45, 7) is 3.78. The van der Waals surface area contributed by atoms with Gasteiger partial charge in [0.2, 0.25) is 0 Å². The molecule has 0 saturated heterocycles. The number of hydrogen-bond donors (Lipinski definition) is 1. The summed E-state index contributed by atoms with van der Waals surface area (Å²) in [5.41, 5.74) is -0.862. The smallest absolute Gasteiger partial charge is 0.335 e. The molecular weight excluding hydrogens is 256 g/mol. The van der Waals surface area contributed by atoms with E-state index in [-0.39, 0.29) is 6.61 Å². The van der Waals surface area contributed by atoms with E-state index in [1.165, 1.54) is 0 Å². The SMILES string of the molecule is CN(C)C(C)(C)COc1c(F)cc(C(=O)O)cc1F. The highest BCUT2D eigenvalue weighted by Gasteiger charge is 2.24. The maximum Gasteiger partial charge on any atom is 0.335 e. The molecule has 1 rings (SSSR count). The molecule has 0 aliphatic carbocycles. The van der Waals surface area contributed by atoms with Gasteiger partial charge in [0.25, 0.3) is 0 Å². The third-order valence-electron chi connectivity index (χ3n) is 3.03. The van der Waals surface area contributed by atoms with Crippen LogP contribution < -0.4 is 4.74 Å². The molecule has 0 atom stereocenters. The van der Waals surface area contributed by atoms with Gasteiger partial charge in [-0.25, -0.2) is 13.6 Å². The van der Waals surface area contributed by atoms with E-state index in [0.29, 0.717) is 0 Å². The van der Waals surface area contributed by atoms with Crippen molar-refractivity contribution in [3.8, 4) is 5.75 Å². The predicted octanol–water partition coefficient (Wildman–Crippen LogP) is 2.38. The summed E-state index contributed by atoms with van der Waals surface area (Å²) in [6.07, 6.45) is 0. The monoisotopic (exact) mass is 273 g/mol. The molecule has 0 amide bonds. The van der Waals surface area contributed by atoms with Crippen LogP contribution in [-0.2, 0) is 0 Å². The Hall–Kier alpha value is -1.69. The lowest BCUT2D eigenvalue weighted by Crippen LogP contribution is -2.43. The molecule has 0 fully saturated rings. The molecule has 0 aromatic heterocycles. The minimum Gasteiger partial charge on any atom is -0.486 e. The van der Waals surface area contributed by atoms with Crippen LogP contribution >= 0.6 is 0 Å². The van der Waals surface area contributed by atoms with E-state index in [0.717, 1.165) is 12.1 Å². The summed E-state index contributed by atoms with van der Waals surface area (Å²) in [5, 5.41) is 8.68. The number of likely N-dealkylation sites (N-methyl/N-ethyl adjacent to an activating group) is 1. The van der Waals surface area contributed by atoms with Gasteiger partial charge >= 0.3 is 5.97 Å². The molecule has 0 spiro atoms. The molecule has 1 aromatic carbocycles. The maximum atomic E-state index is 13.6. The minimum atomic E-state index is -1.39. The topological polar surface area (TPSA) is 49.8 Å². The number of carboxylic acid groups (broad SMARTS) is 1. The van der Waals surface area contributed by atoms with Gasteiger partial charge in [-0.05, 0) is 40.1 Å². The van der Waals surface area contributed by atoms with Crippen LogP contribution in [0.4, 0.5) is 8.78 Å². The molecule has 0 radical (unpaired) electrons. The van der Waals surface area contributed by atoms with E-state index in [4.69, 9.17) is 9.84 Å². The van der Waals surface area contributed by atoms with Crippen LogP contribution in [0.15, 0.2) is 12.1 Å². The highest BCUT2D eigenvalue weighted by Crippen LogP contribution is 2.25. The van der Waals surface area contributed by atoms with Gasteiger partial charge in [0.05, 0.1) is 5.56 Å². The van der Waals surface area contributed by atoms with E-state index in [2.05, 4.69) is 0 Å². The molecule has 1 N–H and O–H groups in total. The predicted molar refractivity (Wildman–Crippen MR) is 66.6 cm³/mol. The number of ether oxygens (including phenoxy) is 1. The van der Waals surface area contributed by atoms with E-state index in [1.807, 2.05) is 32.8 Å². The maximum absolute atomic E-state index is 13.6. The van der Waals surface area contributed by atoms with E-state index in [9.17, 15) is 13.6 Å². The second kappa shape index (κ2) is 5.52. The van der Waals surface area contributed by atoms with Crippen LogP contribution in [0.25, 0.3) is 0 Å². The zero-order chi connectivity index (χ0) is 14.8. The Labute approximate surface area is 110 Å². The number of hydrogen-bond acceptors (Lipinski definition) is 3. The second-order valence-corrected chi connectivity index (χ2v) is 5.07. The van der Waals surface area contributed by atoms with Crippen molar-refractivity contribution in [1.82, 2.24) is 4.90 Å². The van der Waals surface area contributed by atoms with Crippen molar-refractivity contribution in [2.45, 2.75) is 19.4 Å². The van der Waals surface area contributed by atoms with Crippen LogP contribution in [0.5, 0.6) is 5.75 Å². The third-order valence-corrected chi connectivity index (χ3v) is 3.03. The number of nitrogens with zero attached hydrogens (tertiary/aromatic N) is 1. The fraction of sp³-hybridized carbons (Fsp3) is 0.462. The summed E-state index contributed by atoms with van der Waals surface area (Å²) in [5.74, 6) is -3.99. The first-order valence-corrected chi connectivity index (χ1v) is 5.67. The first kappa shape index (κ1) is 15.4. The van der Waals surface area contributed by atoms with Crippen LogP contribution in [0, 0.1) is 11.6 Å². The number of benzene rings is 1. The van der Waals surface area contributed by atoms with Crippen molar-refractivity contribution < 1.29 is 23.4 Å². The Morgan fingerprint density at radius 2 is 1.79 bits per heavy atom. The van der Waals surface area contributed by atoms with Crippen molar-refractivity contribution in [1.29, 1.82) is 0 Å². The molecule has 0 aliphatic rings. The molecule has 0 heterocycles. The summed E-state index contributed by atoms with van der Waals surface area (Å²) < 4.78 is 32.4. The molecule has 19 heavy (non-hydrogen) atoms. The van der Waals surface area contributed by atoms with Gasteiger partial charge in [-0.3, -0.25) is 0 Å². The average molecular weight is 273 g/mol. The van der Waals surface area contributed by atoms with Crippen molar-refractivity contribution in [2.24, 2.45) is 0 Å². The van der Waals surface area contributed by atoms with Crippen LogP contribution in [-0.4, -0.2) is 42.2 Å². The van der Waals surface area contributed by atoms with Gasteiger partial charge < -0.3 is 14.7 Å². The molecule has 0 aliphatic heterocycles. The lowest BCUT2D eigenvalue weighted by Gasteiger charge is -2.32. The summed E-state index contributed by atoms with van der Waals surface area (Å²) in [7, 11) is 3.65. The zero-order valence-corrected chi connectivity index (χ0v) is 11.3. The van der Waals surface area contributed by atoms with Gasteiger partial charge in [-0.2, -0.15) is 0 Å². The minimum absolute atomic E-state index is 0.0697. The first-order chi connectivity index (χ1) is 8.65. The summed E-state index contributed by atoms with van der Waals surface area (Å²) in [6, 6.07) is 1.48. The van der Waals surface area contributed by atoms with Crippen LogP contribution in [0.2, 0.25) is 0 Å². The molecule has 0 bridgehead atoms. The van der Waals surface area contributed by atoms with Crippen LogP contribution in [0.3, 0.4) is 0 Å². The standard InChI is InChI=1S/C13H17F2NO3/c1-13(2,16(3)4)7-19-11-9(14)5-8(12(17)18)6-10(11)15/h5-6H,7H2,1-4H3,(H,17,18). The van der Waals surface area contributed by atoms with E-state index in [1.54, 1.807) is 0 Å². The number of carboxylic acids is 1. The Morgan fingerprint density at radius 1 is 1.32 bits per heavy atom. The summed E-state index contributed by atoms with van der Waals surface area (Å²) >= 11 is 0. The highest BCUT2D eigenvalue weighted by atomic mass is 19.1. The van der Waals surface area contributed by atoms with Gasteiger partial charge in [0.15, 0.2) is 17.4 Å². The number of carbonyl (C=O) groups is 1. The molecule has 0 saturated carbocycles. The Bertz CT molecular complexity index is 464. The van der Waals surface area contributed by atoms with Crippen molar-refractivity contribution in [3.05, 3.63) is 29.3 Å². The van der Waals surface area contributed by atoms with Crippen molar-refractivity contribution >= 4 is 5.97 Å². The molecule has 0 unspecified atom stereocenters. The zero-order valence-electron chi connectivity index (χ0n) is 11.3. The summed E-state index contributed by atoms with van der Waals surface area (Å²) in [4.78, 5) is 12.5. The average Bonchev–Trinajstić information content (AvgIpc) is 2.27. The van der Waals surface area contributed by atoms with Gasteiger partial charge in [0, 0.05) is 5.54 Å². The van der Waals surface area contributed by atoms with Crippen molar-refractivity contribution in [3.63, 3.8) is 0 Å². The third kappa shape index (κ3) is 3.64. The Morgan fingerprint density at radius 3 is 2.16 bits per heavy atom. The molecule has 4 nitrogen and oxygen atoms in total. The molecular formula is C13H17F2NO3. The lowest BCUT2D eigenvalue weighted by molar-refractivity contribution is 0.0695.